The van der Waals surface area contributed by atoms with Crippen LogP contribution in [0.3, 0.4) is 0 Å². The molecular formula is C7H6ClNO3. The van der Waals surface area contributed by atoms with Crippen LogP contribution in [-0.2, 0) is 11.3 Å². The molecule has 0 atom stereocenters. The van der Waals surface area contributed by atoms with Gasteiger partial charge in [0.15, 0.2) is 0 Å². The molecule has 12 heavy (non-hydrogen) atoms. The zero-order valence-corrected chi connectivity index (χ0v) is 6.78. The molecule has 0 spiro atoms. The number of rotatable bonds is 2. The van der Waals surface area contributed by atoms with E-state index in [1.807, 2.05) is 0 Å². The minimum absolute atomic E-state index is 0.0266. The van der Waals surface area contributed by atoms with Crippen LogP contribution in [0.1, 0.15) is 0 Å². The number of nitrogens with zero attached hydrogens (tertiary/aromatic N) is 1. The first-order valence-electron chi connectivity index (χ1n) is 3.18. The maximum Gasteiger partial charge on any atom is 0.323 e. The van der Waals surface area contributed by atoms with E-state index < -0.39 is 11.5 Å². The molecule has 0 fully saturated rings. The van der Waals surface area contributed by atoms with Gasteiger partial charge in [0.2, 0.25) is 0 Å². The molecule has 5 heteroatoms. The number of pyridine rings is 1. The SMILES string of the molecule is O=C(O)Cn1cccc(Cl)c1=O. The van der Waals surface area contributed by atoms with Crippen molar-refractivity contribution in [3.63, 3.8) is 0 Å². The van der Waals surface area contributed by atoms with E-state index in [1.54, 1.807) is 0 Å². The highest BCUT2D eigenvalue weighted by atomic mass is 35.5. The Morgan fingerprint density at radius 3 is 2.92 bits per heavy atom. The number of carbonyl (C=O) groups is 1. The van der Waals surface area contributed by atoms with Crippen LogP contribution in [0.2, 0.25) is 5.02 Å². The van der Waals surface area contributed by atoms with E-state index in [0.717, 1.165) is 4.57 Å². The van der Waals surface area contributed by atoms with Crippen molar-refractivity contribution in [1.29, 1.82) is 0 Å². The lowest BCUT2D eigenvalue weighted by atomic mass is 10.4. The van der Waals surface area contributed by atoms with Gasteiger partial charge in [-0.2, -0.15) is 0 Å². The molecule has 0 aliphatic carbocycles. The Hall–Kier alpha value is -1.29. The largest absolute Gasteiger partial charge is 0.480 e. The van der Waals surface area contributed by atoms with Gasteiger partial charge in [-0.15, -0.1) is 0 Å². The summed E-state index contributed by atoms with van der Waals surface area (Å²) in [5.41, 5.74) is -0.485. The van der Waals surface area contributed by atoms with Gasteiger partial charge < -0.3 is 9.67 Å². The quantitative estimate of drug-likeness (QED) is 0.737. The van der Waals surface area contributed by atoms with Gasteiger partial charge in [0.25, 0.3) is 5.56 Å². The van der Waals surface area contributed by atoms with E-state index >= 15 is 0 Å². The Morgan fingerprint density at radius 2 is 2.33 bits per heavy atom. The highest BCUT2D eigenvalue weighted by Crippen LogP contribution is 1.98. The molecule has 0 saturated heterocycles. The van der Waals surface area contributed by atoms with Crippen LogP contribution in [0.4, 0.5) is 0 Å². The fourth-order valence-corrected chi connectivity index (χ4v) is 0.959. The van der Waals surface area contributed by atoms with Gasteiger partial charge in [0, 0.05) is 6.20 Å². The Labute approximate surface area is 73.0 Å². The second-order valence-electron chi connectivity index (χ2n) is 2.18. The highest BCUT2D eigenvalue weighted by molar-refractivity contribution is 6.30. The first-order valence-corrected chi connectivity index (χ1v) is 3.56. The summed E-state index contributed by atoms with van der Waals surface area (Å²) in [6, 6.07) is 2.94. The molecule has 1 aromatic heterocycles. The average Bonchev–Trinajstić information content (AvgIpc) is 1.98. The van der Waals surface area contributed by atoms with Crippen LogP contribution >= 0.6 is 11.6 Å². The van der Waals surface area contributed by atoms with Crippen LogP contribution in [0.15, 0.2) is 23.1 Å². The monoisotopic (exact) mass is 187 g/mol. The molecule has 0 saturated carbocycles. The summed E-state index contributed by atoms with van der Waals surface area (Å²) in [4.78, 5) is 21.3. The summed E-state index contributed by atoms with van der Waals surface area (Å²) in [6.07, 6.45) is 1.38. The lowest BCUT2D eigenvalue weighted by Crippen LogP contribution is -2.23. The van der Waals surface area contributed by atoms with Gasteiger partial charge in [-0.3, -0.25) is 9.59 Å². The van der Waals surface area contributed by atoms with Gasteiger partial charge in [0.1, 0.15) is 11.6 Å². The molecule has 0 amide bonds. The summed E-state index contributed by atoms with van der Waals surface area (Å²) >= 11 is 5.47. The Morgan fingerprint density at radius 1 is 1.67 bits per heavy atom. The minimum atomic E-state index is -1.07. The Kier molecular flexibility index (Phi) is 2.50. The molecule has 1 N–H and O–H groups in total. The van der Waals surface area contributed by atoms with Crippen molar-refractivity contribution < 1.29 is 9.90 Å². The molecule has 4 nitrogen and oxygen atoms in total. The molecule has 64 valence electrons. The van der Waals surface area contributed by atoms with Gasteiger partial charge in [-0.05, 0) is 12.1 Å². The molecule has 0 aliphatic rings. The Bertz CT molecular complexity index is 358. The minimum Gasteiger partial charge on any atom is -0.480 e. The van der Waals surface area contributed by atoms with Crippen molar-refractivity contribution in [3.05, 3.63) is 33.7 Å². The molecule has 1 heterocycles. The summed E-state index contributed by atoms with van der Waals surface area (Å²) in [6.45, 7) is -0.362. The highest BCUT2D eigenvalue weighted by Gasteiger charge is 2.02. The normalized spacial score (nSPS) is 9.75. The van der Waals surface area contributed by atoms with E-state index in [0.29, 0.717) is 0 Å². The van der Waals surface area contributed by atoms with E-state index in [2.05, 4.69) is 0 Å². The summed E-state index contributed by atoms with van der Waals surface area (Å²) in [5.74, 6) is -1.07. The summed E-state index contributed by atoms with van der Waals surface area (Å²) < 4.78 is 1.03. The Balaban J connectivity index is 3.09. The molecule has 0 radical (unpaired) electrons. The van der Waals surface area contributed by atoms with Crippen molar-refractivity contribution in [2.24, 2.45) is 0 Å². The number of carboxylic acid groups (broad SMARTS) is 1. The van der Waals surface area contributed by atoms with Crippen molar-refractivity contribution in [2.75, 3.05) is 0 Å². The molecule has 0 unspecified atom stereocenters. The van der Waals surface area contributed by atoms with Crippen LogP contribution in [0, 0.1) is 0 Å². The summed E-state index contributed by atoms with van der Waals surface area (Å²) in [7, 11) is 0. The van der Waals surface area contributed by atoms with Gasteiger partial charge in [-0.25, -0.2) is 0 Å². The van der Waals surface area contributed by atoms with Crippen molar-refractivity contribution in [2.45, 2.75) is 6.54 Å². The summed E-state index contributed by atoms with van der Waals surface area (Å²) in [5, 5.41) is 8.41. The van der Waals surface area contributed by atoms with Gasteiger partial charge >= 0.3 is 5.97 Å². The number of hydrogen-bond acceptors (Lipinski definition) is 2. The second-order valence-corrected chi connectivity index (χ2v) is 2.59. The third kappa shape index (κ3) is 1.85. The number of aliphatic carboxylic acids is 1. The number of hydrogen-bond donors (Lipinski definition) is 1. The fourth-order valence-electron chi connectivity index (χ4n) is 0.778. The maximum atomic E-state index is 11.1. The third-order valence-corrected chi connectivity index (χ3v) is 1.57. The molecule has 0 aliphatic heterocycles. The molecule has 0 aromatic carbocycles. The van der Waals surface area contributed by atoms with E-state index in [1.165, 1.54) is 18.3 Å². The predicted octanol–water partition coefficient (Wildman–Crippen LogP) is 0.586. The van der Waals surface area contributed by atoms with Gasteiger partial charge in [0.05, 0.1) is 0 Å². The van der Waals surface area contributed by atoms with Crippen molar-refractivity contribution in [1.82, 2.24) is 4.57 Å². The van der Waals surface area contributed by atoms with Crippen LogP contribution in [-0.4, -0.2) is 15.6 Å². The lowest BCUT2D eigenvalue weighted by molar-refractivity contribution is -0.137. The first-order chi connectivity index (χ1) is 5.61. The zero-order valence-electron chi connectivity index (χ0n) is 6.03. The topological polar surface area (TPSA) is 59.3 Å². The first kappa shape index (κ1) is 8.80. The maximum absolute atomic E-state index is 11.1. The van der Waals surface area contributed by atoms with Crippen LogP contribution < -0.4 is 5.56 Å². The molecule has 1 rings (SSSR count). The average molecular weight is 188 g/mol. The van der Waals surface area contributed by atoms with Crippen molar-refractivity contribution >= 4 is 17.6 Å². The molecular weight excluding hydrogens is 182 g/mol. The fraction of sp³-hybridized carbons (Fsp3) is 0.143. The number of aromatic nitrogens is 1. The third-order valence-electron chi connectivity index (χ3n) is 1.28. The lowest BCUT2D eigenvalue weighted by Gasteiger charge is -2.00. The van der Waals surface area contributed by atoms with Crippen LogP contribution in [0.25, 0.3) is 0 Å². The predicted molar refractivity (Wildman–Crippen MR) is 43.3 cm³/mol. The van der Waals surface area contributed by atoms with E-state index in [-0.39, 0.29) is 11.6 Å². The van der Waals surface area contributed by atoms with Gasteiger partial charge in [-0.1, -0.05) is 11.6 Å². The standard InChI is InChI=1S/C7H6ClNO3/c8-5-2-1-3-9(7(5)12)4-6(10)11/h1-3H,4H2,(H,10,11). The van der Waals surface area contributed by atoms with E-state index in [4.69, 9.17) is 16.7 Å². The zero-order chi connectivity index (χ0) is 9.14. The van der Waals surface area contributed by atoms with E-state index in [9.17, 15) is 9.59 Å². The molecule has 0 bridgehead atoms. The smallest absolute Gasteiger partial charge is 0.323 e. The number of halogens is 1. The van der Waals surface area contributed by atoms with Crippen LogP contribution in [0.5, 0.6) is 0 Å². The second kappa shape index (κ2) is 3.40. The number of carboxylic acids is 1. The van der Waals surface area contributed by atoms with Crippen molar-refractivity contribution in [3.8, 4) is 0 Å². The molecule has 1 aromatic rings.